The molecule has 0 fully saturated rings. The lowest BCUT2D eigenvalue weighted by Gasteiger charge is -2.21. The van der Waals surface area contributed by atoms with E-state index in [0.29, 0.717) is 0 Å². The van der Waals surface area contributed by atoms with Crippen molar-refractivity contribution in [2.24, 2.45) is 4.99 Å². The van der Waals surface area contributed by atoms with Crippen LogP contribution in [0.25, 0.3) is 11.0 Å². The van der Waals surface area contributed by atoms with Crippen LogP contribution in [0.1, 0.15) is 11.3 Å². The van der Waals surface area contributed by atoms with Crippen molar-refractivity contribution in [3.63, 3.8) is 0 Å². The quantitative estimate of drug-likeness (QED) is 0.353. The van der Waals surface area contributed by atoms with Crippen molar-refractivity contribution in [1.82, 2.24) is 10.2 Å². The van der Waals surface area contributed by atoms with Crippen molar-refractivity contribution in [2.75, 3.05) is 20.6 Å². The third kappa shape index (κ3) is 4.73. The number of rotatable bonds is 5. The second-order valence-electron chi connectivity index (χ2n) is 5.46. The molecule has 2 aromatic heterocycles. The van der Waals surface area contributed by atoms with E-state index in [-0.39, 0.29) is 24.0 Å². The second-order valence-corrected chi connectivity index (χ2v) is 6.24. The van der Waals surface area contributed by atoms with Crippen LogP contribution < -0.4 is 5.32 Å². The number of para-hydroxylation sites is 1. The Hall–Kier alpha value is -1.54. The first-order chi connectivity index (χ1) is 11.3. The Balaban J connectivity index is 0.00000208. The smallest absolute Gasteiger partial charge is 0.193 e. The molecule has 24 heavy (non-hydrogen) atoms. The molecular weight excluding hydrogens is 433 g/mol. The first kappa shape index (κ1) is 18.8. The number of benzene rings is 1. The Morgan fingerprint density at radius 3 is 2.83 bits per heavy atom. The van der Waals surface area contributed by atoms with Gasteiger partial charge in [-0.05, 0) is 34.5 Å². The molecule has 0 aliphatic carbocycles. The van der Waals surface area contributed by atoms with Gasteiger partial charge >= 0.3 is 0 Å². The number of nitrogens with one attached hydrogen (secondary N) is 1. The van der Waals surface area contributed by atoms with E-state index in [1.807, 2.05) is 32.3 Å². The van der Waals surface area contributed by atoms with Gasteiger partial charge in [-0.25, -0.2) is 0 Å². The molecule has 3 rings (SSSR count). The van der Waals surface area contributed by atoms with Crippen LogP contribution in [0.2, 0.25) is 0 Å². The van der Waals surface area contributed by atoms with Crippen molar-refractivity contribution in [3.8, 4) is 0 Å². The van der Waals surface area contributed by atoms with Gasteiger partial charge in [-0.1, -0.05) is 18.2 Å². The number of hydrogen-bond donors (Lipinski definition) is 1. The Labute approximate surface area is 163 Å². The summed E-state index contributed by atoms with van der Waals surface area (Å²) in [7, 11) is 3.86. The molecular formula is C18H22IN3OS. The van der Waals surface area contributed by atoms with E-state index in [9.17, 15) is 0 Å². The fourth-order valence-electron chi connectivity index (χ4n) is 2.57. The highest BCUT2D eigenvalue weighted by Crippen LogP contribution is 2.18. The summed E-state index contributed by atoms with van der Waals surface area (Å²) < 4.78 is 5.84. The molecule has 6 heteroatoms. The molecule has 1 aromatic carbocycles. The predicted molar refractivity (Wildman–Crippen MR) is 112 cm³/mol. The number of nitrogens with zero attached hydrogens (tertiary/aromatic N) is 2. The maximum absolute atomic E-state index is 5.84. The molecule has 0 saturated heterocycles. The fraction of sp³-hybridized carbons (Fsp3) is 0.278. The summed E-state index contributed by atoms with van der Waals surface area (Å²) in [5, 5.41) is 8.81. The topological polar surface area (TPSA) is 40.8 Å². The lowest BCUT2D eigenvalue weighted by molar-refractivity contribution is 0.474. The zero-order valence-electron chi connectivity index (χ0n) is 13.9. The van der Waals surface area contributed by atoms with E-state index < -0.39 is 0 Å². The van der Waals surface area contributed by atoms with Crippen LogP contribution in [0.15, 0.2) is 56.6 Å². The summed E-state index contributed by atoms with van der Waals surface area (Å²) in [6.07, 6.45) is 0.833. The molecule has 0 aliphatic heterocycles. The molecule has 0 aliphatic rings. The summed E-state index contributed by atoms with van der Waals surface area (Å²) in [5.74, 6) is 1.89. The molecule has 0 unspecified atom stereocenters. The maximum Gasteiger partial charge on any atom is 0.193 e. The van der Waals surface area contributed by atoms with Crippen LogP contribution in [0.4, 0.5) is 0 Å². The van der Waals surface area contributed by atoms with Crippen molar-refractivity contribution in [1.29, 1.82) is 0 Å². The average molecular weight is 455 g/mol. The van der Waals surface area contributed by atoms with Crippen LogP contribution in [0, 0.1) is 0 Å². The molecule has 0 bridgehead atoms. The van der Waals surface area contributed by atoms with Gasteiger partial charge < -0.3 is 14.6 Å². The van der Waals surface area contributed by atoms with Crippen LogP contribution in [-0.2, 0) is 13.0 Å². The Kier molecular flexibility index (Phi) is 7.11. The highest BCUT2D eigenvalue weighted by Gasteiger charge is 2.08. The molecule has 4 nitrogen and oxygen atoms in total. The number of fused-ring (bicyclic) bond motifs is 1. The van der Waals surface area contributed by atoms with E-state index in [1.165, 1.54) is 5.56 Å². The van der Waals surface area contributed by atoms with Crippen molar-refractivity contribution < 1.29 is 4.42 Å². The van der Waals surface area contributed by atoms with Crippen molar-refractivity contribution >= 4 is 52.2 Å². The number of furan rings is 1. The third-order valence-electron chi connectivity index (χ3n) is 3.70. The van der Waals surface area contributed by atoms with Gasteiger partial charge in [0.15, 0.2) is 5.96 Å². The standard InChI is InChI=1S/C18H21N3OS.HI/c1-19-18(21(2)12-14-8-10-23-13-14)20-9-7-16-11-15-5-3-4-6-17(15)22-16;/h3-6,8,10-11,13H,7,9,12H2,1-2H3,(H,19,20);1H. The fourth-order valence-corrected chi connectivity index (χ4v) is 3.23. The summed E-state index contributed by atoms with van der Waals surface area (Å²) in [6, 6.07) is 12.3. The Morgan fingerprint density at radius 1 is 1.29 bits per heavy atom. The van der Waals surface area contributed by atoms with E-state index in [1.54, 1.807) is 11.3 Å². The number of aliphatic imine (C=N–C) groups is 1. The van der Waals surface area contributed by atoms with E-state index in [2.05, 4.69) is 44.2 Å². The Bertz CT molecular complexity index is 750. The van der Waals surface area contributed by atoms with Gasteiger partial charge in [0.05, 0.1) is 0 Å². The van der Waals surface area contributed by atoms with Gasteiger partial charge in [-0.3, -0.25) is 4.99 Å². The average Bonchev–Trinajstić information content (AvgIpc) is 3.20. The molecule has 0 saturated carbocycles. The first-order valence-electron chi connectivity index (χ1n) is 7.66. The Morgan fingerprint density at radius 2 is 2.12 bits per heavy atom. The van der Waals surface area contributed by atoms with Crippen molar-refractivity contribution in [2.45, 2.75) is 13.0 Å². The van der Waals surface area contributed by atoms with Gasteiger partial charge in [0, 0.05) is 39.0 Å². The molecule has 128 valence electrons. The normalized spacial score (nSPS) is 11.3. The van der Waals surface area contributed by atoms with Crippen LogP contribution in [-0.4, -0.2) is 31.5 Å². The van der Waals surface area contributed by atoms with Crippen molar-refractivity contribution in [3.05, 3.63) is 58.5 Å². The maximum atomic E-state index is 5.84. The van der Waals surface area contributed by atoms with Crippen LogP contribution >= 0.6 is 35.3 Å². The highest BCUT2D eigenvalue weighted by molar-refractivity contribution is 14.0. The highest BCUT2D eigenvalue weighted by atomic mass is 127. The monoisotopic (exact) mass is 455 g/mol. The van der Waals surface area contributed by atoms with Gasteiger partial charge in [-0.15, -0.1) is 24.0 Å². The minimum absolute atomic E-state index is 0. The lowest BCUT2D eigenvalue weighted by atomic mass is 10.2. The summed E-state index contributed by atoms with van der Waals surface area (Å²) in [4.78, 5) is 6.47. The molecule has 0 amide bonds. The number of thiophene rings is 1. The summed E-state index contributed by atoms with van der Waals surface area (Å²) in [6.45, 7) is 1.65. The minimum Gasteiger partial charge on any atom is -0.461 e. The van der Waals surface area contributed by atoms with Gasteiger partial charge in [0.25, 0.3) is 0 Å². The zero-order chi connectivity index (χ0) is 16.1. The van der Waals surface area contributed by atoms with Crippen LogP contribution in [0.3, 0.4) is 0 Å². The largest absolute Gasteiger partial charge is 0.461 e. The van der Waals surface area contributed by atoms with E-state index in [4.69, 9.17) is 4.42 Å². The molecule has 1 N–H and O–H groups in total. The first-order valence-corrected chi connectivity index (χ1v) is 8.61. The molecule has 0 spiro atoms. The molecule has 0 radical (unpaired) electrons. The van der Waals surface area contributed by atoms with Gasteiger partial charge in [0.2, 0.25) is 0 Å². The summed E-state index contributed by atoms with van der Waals surface area (Å²) >= 11 is 1.72. The van der Waals surface area contributed by atoms with Crippen LogP contribution in [0.5, 0.6) is 0 Å². The van der Waals surface area contributed by atoms with E-state index >= 15 is 0 Å². The zero-order valence-corrected chi connectivity index (χ0v) is 17.0. The molecule has 3 aromatic rings. The molecule has 2 heterocycles. The predicted octanol–water partition coefficient (Wildman–Crippen LogP) is 4.36. The summed E-state index contributed by atoms with van der Waals surface area (Å²) in [5.41, 5.74) is 2.25. The SMILES string of the molecule is CN=C(NCCc1cc2ccccc2o1)N(C)Cc1ccsc1.I. The third-order valence-corrected chi connectivity index (χ3v) is 4.44. The van der Waals surface area contributed by atoms with Gasteiger partial charge in [0.1, 0.15) is 11.3 Å². The van der Waals surface area contributed by atoms with Gasteiger partial charge in [-0.2, -0.15) is 11.3 Å². The number of halogens is 1. The number of guanidine groups is 1. The minimum atomic E-state index is 0. The second kappa shape index (κ2) is 9.08. The number of hydrogen-bond acceptors (Lipinski definition) is 3. The lowest BCUT2D eigenvalue weighted by Crippen LogP contribution is -2.39. The van der Waals surface area contributed by atoms with E-state index in [0.717, 1.165) is 42.2 Å². The molecule has 0 atom stereocenters.